The zero-order chi connectivity index (χ0) is 13.3. The summed E-state index contributed by atoms with van der Waals surface area (Å²) in [5.41, 5.74) is 1.80. The number of nitrogens with zero attached hydrogens (tertiary/aromatic N) is 2. The van der Waals surface area contributed by atoms with Crippen LogP contribution in [0.2, 0.25) is 0 Å². The van der Waals surface area contributed by atoms with Crippen molar-refractivity contribution in [1.82, 2.24) is 4.98 Å². The molecule has 18 heavy (non-hydrogen) atoms. The van der Waals surface area contributed by atoms with E-state index in [2.05, 4.69) is 42.9 Å². The molecule has 0 atom stereocenters. The van der Waals surface area contributed by atoms with E-state index in [-0.39, 0.29) is 5.69 Å². The molecule has 1 aromatic carbocycles. The summed E-state index contributed by atoms with van der Waals surface area (Å²) in [5.74, 6) is 0. The second-order valence-corrected chi connectivity index (χ2v) is 5.00. The van der Waals surface area contributed by atoms with Crippen LogP contribution in [0.3, 0.4) is 0 Å². The van der Waals surface area contributed by atoms with Crippen molar-refractivity contribution in [3.05, 3.63) is 49.0 Å². The first-order valence-corrected chi connectivity index (χ1v) is 6.35. The minimum atomic E-state index is -0.463. The lowest BCUT2D eigenvalue weighted by Crippen LogP contribution is -1.88. The number of nitro groups is 1. The van der Waals surface area contributed by atoms with Gasteiger partial charge in [-0.1, -0.05) is 0 Å². The van der Waals surface area contributed by atoms with Gasteiger partial charge in [-0.05, 0) is 49.6 Å². The van der Waals surface area contributed by atoms with Crippen LogP contribution in [0.15, 0.2) is 33.3 Å². The Morgan fingerprint density at radius 1 is 1.28 bits per heavy atom. The van der Waals surface area contributed by atoms with Crippen LogP contribution in [0.1, 0.15) is 5.56 Å². The van der Waals surface area contributed by atoms with E-state index in [1.165, 1.54) is 12.1 Å². The van der Waals surface area contributed by atoms with Crippen molar-refractivity contribution >= 4 is 37.5 Å². The smallest absolute Gasteiger partial charge is 0.269 e. The average Bonchev–Trinajstić information content (AvgIpc) is 2.65. The molecule has 0 fully saturated rings. The molecule has 0 aliphatic carbocycles. The van der Waals surface area contributed by atoms with Gasteiger partial charge in [-0.3, -0.25) is 10.1 Å². The molecule has 0 amide bonds. The Bertz CT molecular complexity index is 656. The number of aromatic amines is 1. The average molecular weight is 371 g/mol. The van der Waals surface area contributed by atoms with Gasteiger partial charge in [0.05, 0.1) is 25.3 Å². The first-order chi connectivity index (χ1) is 8.54. The molecule has 2 rings (SSSR count). The molecular weight excluding hydrogens is 366 g/mol. The largest absolute Gasteiger partial charge is 0.347 e. The van der Waals surface area contributed by atoms with Gasteiger partial charge < -0.3 is 4.98 Å². The minimum absolute atomic E-state index is 0.0157. The molecule has 0 saturated carbocycles. The summed E-state index contributed by atoms with van der Waals surface area (Å²) in [7, 11) is 0. The predicted molar refractivity (Wildman–Crippen MR) is 73.0 cm³/mol. The quantitative estimate of drug-likeness (QED) is 0.640. The predicted octanol–water partition coefficient (Wildman–Crippen LogP) is 3.99. The second-order valence-electron chi connectivity index (χ2n) is 3.42. The molecule has 1 heterocycles. The number of hydrogen-bond acceptors (Lipinski definition) is 3. The highest BCUT2D eigenvalue weighted by molar-refractivity contribution is 9.13. The highest BCUT2D eigenvalue weighted by Gasteiger charge is 2.16. The number of non-ortho nitro benzene ring substituents is 1. The minimum Gasteiger partial charge on any atom is -0.347 e. The lowest BCUT2D eigenvalue weighted by Gasteiger charge is -1.98. The number of nitriles is 1. The molecule has 0 unspecified atom stereocenters. The Hall–Kier alpha value is -1.65. The van der Waals surface area contributed by atoms with Crippen molar-refractivity contribution < 1.29 is 4.92 Å². The van der Waals surface area contributed by atoms with Crippen LogP contribution in [0.25, 0.3) is 11.3 Å². The van der Waals surface area contributed by atoms with Gasteiger partial charge >= 0.3 is 0 Å². The van der Waals surface area contributed by atoms with E-state index < -0.39 is 4.92 Å². The summed E-state index contributed by atoms with van der Waals surface area (Å²) in [6, 6.07) is 8.08. The summed E-state index contributed by atoms with van der Waals surface area (Å²) in [5, 5.41) is 19.6. The number of halogens is 2. The summed E-state index contributed by atoms with van der Waals surface area (Å²) in [6.07, 6.45) is 0. The highest BCUT2D eigenvalue weighted by atomic mass is 79.9. The van der Waals surface area contributed by atoms with Crippen LogP contribution in [-0.4, -0.2) is 9.91 Å². The number of nitro benzene ring substituents is 1. The SMILES string of the molecule is N#Cc1c(-c2ccc([N+](=O)[O-])cc2)[nH]c(Br)c1Br. The van der Waals surface area contributed by atoms with Gasteiger partial charge in [0.15, 0.2) is 0 Å². The molecule has 0 spiro atoms. The van der Waals surface area contributed by atoms with Crippen LogP contribution < -0.4 is 0 Å². The van der Waals surface area contributed by atoms with Crippen molar-refractivity contribution in [2.75, 3.05) is 0 Å². The van der Waals surface area contributed by atoms with Crippen LogP contribution in [0.4, 0.5) is 5.69 Å². The highest BCUT2D eigenvalue weighted by Crippen LogP contribution is 2.34. The lowest BCUT2D eigenvalue weighted by atomic mass is 10.1. The Kier molecular flexibility index (Phi) is 3.50. The molecule has 90 valence electrons. The molecule has 1 aromatic heterocycles. The van der Waals surface area contributed by atoms with E-state index in [4.69, 9.17) is 5.26 Å². The molecular formula is C11H5Br2N3O2. The van der Waals surface area contributed by atoms with Crippen LogP contribution in [0, 0.1) is 21.4 Å². The zero-order valence-electron chi connectivity index (χ0n) is 8.78. The monoisotopic (exact) mass is 369 g/mol. The fourth-order valence-corrected chi connectivity index (χ4v) is 2.30. The number of hydrogen-bond donors (Lipinski definition) is 1. The Labute approximate surface area is 119 Å². The molecule has 0 saturated heterocycles. The summed E-state index contributed by atoms with van der Waals surface area (Å²) in [6.45, 7) is 0. The molecule has 1 N–H and O–H groups in total. The Balaban J connectivity index is 2.53. The zero-order valence-corrected chi connectivity index (χ0v) is 11.9. The number of benzene rings is 1. The molecule has 0 aliphatic rings. The third-order valence-electron chi connectivity index (χ3n) is 2.38. The first-order valence-electron chi connectivity index (χ1n) is 4.76. The van der Waals surface area contributed by atoms with Crippen molar-refractivity contribution in [3.63, 3.8) is 0 Å². The lowest BCUT2D eigenvalue weighted by molar-refractivity contribution is -0.384. The van der Waals surface area contributed by atoms with Crippen LogP contribution in [0.5, 0.6) is 0 Å². The number of nitrogens with one attached hydrogen (secondary N) is 1. The van der Waals surface area contributed by atoms with Gasteiger partial charge in [-0.25, -0.2) is 0 Å². The Morgan fingerprint density at radius 3 is 2.39 bits per heavy atom. The van der Waals surface area contributed by atoms with Crippen LogP contribution in [-0.2, 0) is 0 Å². The van der Waals surface area contributed by atoms with Crippen molar-refractivity contribution in [1.29, 1.82) is 5.26 Å². The van der Waals surface area contributed by atoms with Crippen molar-refractivity contribution in [2.45, 2.75) is 0 Å². The van der Waals surface area contributed by atoms with Gasteiger partial charge in [0.1, 0.15) is 6.07 Å². The molecule has 5 nitrogen and oxygen atoms in total. The standard InChI is InChI=1S/C11H5Br2N3O2/c12-9-8(5-14)10(15-11(9)13)6-1-3-7(4-2-6)16(17)18/h1-4,15H. The van der Waals surface area contributed by atoms with E-state index in [0.29, 0.717) is 25.9 Å². The third kappa shape index (κ3) is 2.17. The molecule has 7 heteroatoms. The van der Waals surface area contributed by atoms with E-state index in [1.54, 1.807) is 12.1 Å². The van der Waals surface area contributed by atoms with E-state index >= 15 is 0 Å². The van der Waals surface area contributed by atoms with Gasteiger partial charge in [-0.15, -0.1) is 0 Å². The summed E-state index contributed by atoms with van der Waals surface area (Å²) >= 11 is 6.57. The molecule has 0 bridgehead atoms. The second kappa shape index (κ2) is 4.92. The maximum Gasteiger partial charge on any atom is 0.269 e. The molecule has 0 aliphatic heterocycles. The molecule has 2 aromatic rings. The maximum atomic E-state index is 10.6. The number of H-pyrrole nitrogens is 1. The van der Waals surface area contributed by atoms with Crippen LogP contribution >= 0.6 is 31.9 Å². The van der Waals surface area contributed by atoms with E-state index in [0.717, 1.165) is 0 Å². The van der Waals surface area contributed by atoms with Gasteiger partial charge in [0.25, 0.3) is 5.69 Å². The first kappa shape index (κ1) is 12.8. The number of rotatable bonds is 2. The fraction of sp³-hybridized carbons (Fsp3) is 0. The summed E-state index contributed by atoms with van der Waals surface area (Å²) < 4.78 is 1.30. The van der Waals surface area contributed by atoms with Crippen molar-refractivity contribution in [2.24, 2.45) is 0 Å². The maximum absolute atomic E-state index is 10.6. The van der Waals surface area contributed by atoms with E-state index in [1.807, 2.05) is 0 Å². The Morgan fingerprint density at radius 2 is 1.89 bits per heavy atom. The molecule has 0 radical (unpaired) electrons. The van der Waals surface area contributed by atoms with Gasteiger partial charge in [-0.2, -0.15) is 5.26 Å². The summed E-state index contributed by atoms with van der Waals surface area (Å²) in [4.78, 5) is 13.1. The number of aromatic nitrogens is 1. The third-order valence-corrected chi connectivity index (χ3v) is 4.30. The fourth-order valence-electron chi connectivity index (χ4n) is 1.52. The van der Waals surface area contributed by atoms with Crippen molar-refractivity contribution in [3.8, 4) is 17.3 Å². The van der Waals surface area contributed by atoms with E-state index in [9.17, 15) is 10.1 Å². The van der Waals surface area contributed by atoms with Gasteiger partial charge in [0.2, 0.25) is 0 Å². The topological polar surface area (TPSA) is 82.7 Å². The van der Waals surface area contributed by atoms with Gasteiger partial charge in [0, 0.05) is 12.1 Å². The normalized spacial score (nSPS) is 10.1.